The number of rotatable bonds is 3. The number of carbonyl (C=O) groups excluding carboxylic acids is 2. The second-order valence-corrected chi connectivity index (χ2v) is 5.38. The van der Waals surface area contributed by atoms with Crippen molar-refractivity contribution in [1.29, 1.82) is 0 Å². The molecule has 0 saturated carbocycles. The third kappa shape index (κ3) is 3.70. The quantitative estimate of drug-likeness (QED) is 0.735. The lowest BCUT2D eigenvalue weighted by atomic mass is 9.90. The fraction of sp³-hybridized carbons (Fsp3) is 0.833. The zero-order chi connectivity index (χ0) is 13.1. The highest BCUT2D eigenvalue weighted by Crippen LogP contribution is 2.20. The third-order valence-electron chi connectivity index (χ3n) is 3.21. The van der Waals surface area contributed by atoms with Crippen molar-refractivity contribution in [1.82, 2.24) is 10.2 Å². The van der Waals surface area contributed by atoms with Crippen molar-refractivity contribution in [2.24, 2.45) is 11.1 Å². The van der Waals surface area contributed by atoms with Crippen LogP contribution in [0.3, 0.4) is 0 Å². The Bertz CT molecular complexity index is 302. The topological polar surface area (TPSA) is 75.4 Å². The van der Waals surface area contributed by atoms with Crippen LogP contribution in [-0.2, 0) is 9.59 Å². The maximum atomic E-state index is 12.2. The number of hydrogen-bond donors (Lipinski definition) is 2. The summed E-state index contributed by atoms with van der Waals surface area (Å²) in [6.07, 6.45) is 1.86. The Morgan fingerprint density at radius 2 is 2.12 bits per heavy atom. The summed E-state index contributed by atoms with van der Waals surface area (Å²) in [5.41, 5.74) is 5.10. The van der Waals surface area contributed by atoms with Crippen LogP contribution in [0.1, 0.15) is 33.6 Å². The van der Waals surface area contributed by atoms with E-state index in [0.29, 0.717) is 13.1 Å². The van der Waals surface area contributed by atoms with Crippen molar-refractivity contribution < 1.29 is 9.59 Å². The first-order valence-corrected chi connectivity index (χ1v) is 6.13. The molecule has 0 aromatic heterocycles. The van der Waals surface area contributed by atoms with Crippen molar-refractivity contribution >= 4 is 11.8 Å². The van der Waals surface area contributed by atoms with Crippen LogP contribution >= 0.6 is 0 Å². The molecule has 1 atom stereocenters. The van der Waals surface area contributed by atoms with E-state index in [9.17, 15) is 9.59 Å². The molecule has 98 valence electrons. The van der Waals surface area contributed by atoms with Crippen LogP contribution in [0.4, 0.5) is 0 Å². The molecule has 0 bridgehead atoms. The van der Waals surface area contributed by atoms with Crippen molar-refractivity contribution in [3.63, 3.8) is 0 Å². The molecule has 0 radical (unpaired) electrons. The predicted octanol–water partition coefficient (Wildman–Crippen LogP) is 0.0984. The molecule has 0 unspecified atom stereocenters. The molecular formula is C12H23N3O2. The molecule has 5 heteroatoms. The van der Waals surface area contributed by atoms with Gasteiger partial charge in [0.25, 0.3) is 0 Å². The summed E-state index contributed by atoms with van der Waals surface area (Å²) in [7, 11) is 0. The number of amides is 2. The molecule has 5 nitrogen and oxygen atoms in total. The van der Waals surface area contributed by atoms with Crippen LogP contribution in [-0.4, -0.2) is 42.4 Å². The Kier molecular flexibility index (Phi) is 4.51. The number of nitrogens with one attached hydrogen (secondary N) is 1. The van der Waals surface area contributed by atoms with Gasteiger partial charge in [0, 0.05) is 32.6 Å². The molecule has 1 aliphatic heterocycles. The first kappa shape index (κ1) is 14.0. The van der Waals surface area contributed by atoms with Crippen LogP contribution in [0, 0.1) is 5.41 Å². The number of piperidine rings is 1. The van der Waals surface area contributed by atoms with Gasteiger partial charge in [0.15, 0.2) is 0 Å². The molecular weight excluding hydrogens is 218 g/mol. The maximum Gasteiger partial charge on any atom is 0.229 e. The molecule has 1 saturated heterocycles. The number of hydrogen-bond acceptors (Lipinski definition) is 3. The molecule has 0 spiro atoms. The zero-order valence-corrected chi connectivity index (χ0v) is 11.0. The molecule has 0 aromatic carbocycles. The smallest absolute Gasteiger partial charge is 0.229 e. The SMILES string of the molecule is CC(=O)N[C@@H]1CCCN(C(=O)C(C)(C)CN)C1. The standard InChI is InChI=1S/C12H23N3O2/c1-9(16)14-10-5-4-6-15(7-10)11(17)12(2,3)8-13/h10H,4-8,13H2,1-3H3,(H,14,16)/t10-/m1/s1. The fourth-order valence-electron chi connectivity index (χ4n) is 2.08. The summed E-state index contributed by atoms with van der Waals surface area (Å²) in [6, 6.07) is 0.0822. The van der Waals surface area contributed by atoms with E-state index in [1.807, 2.05) is 18.7 Å². The minimum Gasteiger partial charge on any atom is -0.352 e. The molecule has 1 rings (SSSR count). The van der Waals surface area contributed by atoms with Crippen LogP contribution in [0.5, 0.6) is 0 Å². The molecule has 2 amide bonds. The van der Waals surface area contributed by atoms with E-state index < -0.39 is 5.41 Å². The first-order valence-electron chi connectivity index (χ1n) is 6.13. The van der Waals surface area contributed by atoms with Crippen LogP contribution in [0.25, 0.3) is 0 Å². The monoisotopic (exact) mass is 241 g/mol. The summed E-state index contributed by atoms with van der Waals surface area (Å²) in [5, 5.41) is 2.87. The molecule has 0 aromatic rings. The van der Waals surface area contributed by atoms with E-state index >= 15 is 0 Å². The Balaban J connectivity index is 2.60. The molecule has 3 N–H and O–H groups in total. The third-order valence-corrected chi connectivity index (χ3v) is 3.21. The van der Waals surface area contributed by atoms with E-state index in [1.165, 1.54) is 6.92 Å². The lowest BCUT2D eigenvalue weighted by Gasteiger charge is -2.37. The highest BCUT2D eigenvalue weighted by Gasteiger charge is 2.33. The molecule has 1 fully saturated rings. The number of likely N-dealkylation sites (tertiary alicyclic amines) is 1. The van der Waals surface area contributed by atoms with Gasteiger partial charge in [-0.2, -0.15) is 0 Å². The normalized spacial score (nSPS) is 21.2. The average Bonchev–Trinajstić information content (AvgIpc) is 2.27. The molecule has 0 aliphatic carbocycles. The number of nitrogens with zero attached hydrogens (tertiary/aromatic N) is 1. The van der Waals surface area contributed by atoms with Gasteiger partial charge in [-0.1, -0.05) is 0 Å². The first-order chi connectivity index (χ1) is 7.86. The summed E-state index contributed by atoms with van der Waals surface area (Å²) in [4.78, 5) is 25.0. The predicted molar refractivity (Wildman–Crippen MR) is 66.3 cm³/mol. The number of nitrogens with two attached hydrogens (primary N) is 1. The fourth-order valence-corrected chi connectivity index (χ4v) is 2.08. The second-order valence-electron chi connectivity index (χ2n) is 5.38. The Hall–Kier alpha value is -1.10. The van der Waals surface area contributed by atoms with Gasteiger partial charge in [0.05, 0.1) is 5.41 Å². The van der Waals surface area contributed by atoms with Crippen molar-refractivity contribution in [2.75, 3.05) is 19.6 Å². The van der Waals surface area contributed by atoms with Gasteiger partial charge in [-0.25, -0.2) is 0 Å². The van der Waals surface area contributed by atoms with Gasteiger partial charge in [-0.05, 0) is 26.7 Å². The number of carbonyl (C=O) groups is 2. The molecule has 1 aliphatic rings. The summed E-state index contributed by atoms with van der Waals surface area (Å²) < 4.78 is 0. The zero-order valence-electron chi connectivity index (χ0n) is 11.0. The molecule has 17 heavy (non-hydrogen) atoms. The second kappa shape index (κ2) is 5.49. The van der Waals surface area contributed by atoms with Crippen LogP contribution < -0.4 is 11.1 Å². The van der Waals surface area contributed by atoms with E-state index in [2.05, 4.69) is 5.32 Å². The van der Waals surface area contributed by atoms with Crippen LogP contribution in [0.2, 0.25) is 0 Å². The largest absolute Gasteiger partial charge is 0.352 e. The molecule has 1 heterocycles. The van der Waals surface area contributed by atoms with E-state index in [-0.39, 0.29) is 17.9 Å². The van der Waals surface area contributed by atoms with Gasteiger partial charge in [0.1, 0.15) is 0 Å². The van der Waals surface area contributed by atoms with Crippen molar-refractivity contribution in [3.8, 4) is 0 Å². The minimum absolute atomic E-state index is 0.0395. The lowest BCUT2D eigenvalue weighted by molar-refractivity contribution is -0.141. The summed E-state index contributed by atoms with van der Waals surface area (Å²) in [5.74, 6) is 0.0393. The summed E-state index contributed by atoms with van der Waals surface area (Å²) in [6.45, 7) is 6.92. The van der Waals surface area contributed by atoms with E-state index in [1.54, 1.807) is 0 Å². The lowest BCUT2D eigenvalue weighted by Crippen LogP contribution is -2.53. The van der Waals surface area contributed by atoms with E-state index in [0.717, 1.165) is 19.4 Å². The Labute approximate surface area is 103 Å². The van der Waals surface area contributed by atoms with Gasteiger partial charge in [-0.15, -0.1) is 0 Å². The van der Waals surface area contributed by atoms with E-state index in [4.69, 9.17) is 5.73 Å². The summed E-state index contributed by atoms with van der Waals surface area (Å²) >= 11 is 0. The van der Waals surface area contributed by atoms with Gasteiger partial charge in [0.2, 0.25) is 11.8 Å². The highest BCUT2D eigenvalue weighted by atomic mass is 16.2. The van der Waals surface area contributed by atoms with Crippen molar-refractivity contribution in [3.05, 3.63) is 0 Å². The highest BCUT2D eigenvalue weighted by molar-refractivity contribution is 5.82. The Morgan fingerprint density at radius 3 is 2.65 bits per heavy atom. The van der Waals surface area contributed by atoms with Gasteiger partial charge < -0.3 is 16.0 Å². The van der Waals surface area contributed by atoms with Gasteiger partial charge in [-0.3, -0.25) is 9.59 Å². The van der Waals surface area contributed by atoms with Crippen LogP contribution in [0.15, 0.2) is 0 Å². The average molecular weight is 241 g/mol. The van der Waals surface area contributed by atoms with Gasteiger partial charge >= 0.3 is 0 Å². The minimum atomic E-state index is -0.516. The Morgan fingerprint density at radius 1 is 1.47 bits per heavy atom. The maximum absolute atomic E-state index is 12.2. The van der Waals surface area contributed by atoms with Crippen molar-refractivity contribution in [2.45, 2.75) is 39.7 Å².